The molecule has 0 aromatic heterocycles. The van der Waals surface area contributed by atoms with Gasteiger partial charge in [0, 0.05) is 17.1 Å². The minimum atomic E-state index is 1.15. The maximum atomic E-state index is 2.30. The Morgan fingerprint density at radius 1 is 0.472 bits per heavy atom. The van der Waals surface area contributed by atoms with Gasteiger partial charge in [-0.1, -0.05) is 103 Å². The van der Waals surface area contributed by atoms with Crippen molar-refractivity contribution < 1.29 is 0 Å². The molecule has 0 aliphatic heterocycles. The minimum Gasteiger partial charge on any atom is -0.310 e. The highest BCUT2D eigenvalue weighted by atomic mass is 15.1. The first kappa shape index (κ1) is 21.9. The smallest absolute Gasteiger partial charge is 0.0464 e. The molecule has 36 heavy (non-hydrogen) atoms. The molecule has 6 aromatic rings. The molecule has 1 nitrogen and oxygen atoms in total. The summed E-state index contributed by atoms with van der Waals surface area (Å²) in [7, 11) is 0. The van der Waals surface area contributed by atoms with E-state index in [0.29, 0.717) is 0 Å². The molecule has 0 unspecified atom stereocenters. The summed E-state index contributed by atoms with van der Waals surface area (Å²) in [5.41, 5.74) is 7.17. The second-order valence-electron chi connectivity index (χ2n) is 9.11. The first-order chi connectivity index (χ1) is 17.8. The van der Waals surface area contributed by atoms with Crippen LogP contribution >= 0.6 is 0 Å². The zero-order valence-electron chi connectivity index (χ0n) is 20.3. The highest BCUT2D eigenvalue weighted by molar-refractivity contribution is 6.08. The quantitative estimate of drug-likeness (QED) is 0.182. The third kappa shape index (κ3) is 4.16. The van der Waals surface area contributed by atoms with Gasteiger partial charge in [-0.3, -0.25) is 0 Å². The van der Waals surface area contributed by atoms with Crippen molar-refractivity contribution in [3.8, 4) is 0 Å². The molecule has 0 spiro atoms. The van der Waals surface area contributed by atoms with Crippen LogP contribution in [0.15, 0.2) is 133 Å². The van der Waals surface area contributed by atoms with E-state index in [-0.39, 0.29) is 0 Å². The Kier molecular flexibility index (Phi) is 5.81. The number of benzene rings is 6. The summed E-state index contributed by atoms with van der Waals surface area (Å²) in [5.74, 6) is 0. The van der Waals surface area contributed by atoms with Gasteiger partial charge in [-0.2, -0.15) is 0 Å². The molecule has 0 saturated heterocycles. The molecule has 0 aliphatic rings. The van der Waals surface area contributed by atoms with Crippen LogP contribution in [0.4, 0.5) is 17.1 Å². The van der Waals surface area contributed by atoms with Crippen LogP contribution in [0, 0.1) is 6.92 Å². The van der Waals surface area contributed by atoms with Crippen LogP contribution in [-0.4, -0.2) is 0 Å². The maximum Gasteiger partial charge on any atom is 0.0464 e. The molecule has 0 heterocycles. The van der Waals surface area contributed by atoms with E-state index in [2.05, 4.69) is 157 Å². The lowest BCUT2D eigenvalue weighted by Gasteiger charge is -2.26. The van der Waals surface area contributed by atoms with Crippen LogP contribution in [-0.2, 0) is 0 Å². The van der Waals surface area contributed by atoms with Gasteiger partial charge in [0.2, 0.25) is 0 Å². The lowest BCUT2D eigenvalue weighted by Crippen LogP contribution is -2.09. The van der Waals surface area contributed by atoms with E-state index >= 15 is 0 Å². The van der Waals surface area contributed by atoms with Crippen LogP contribution in [0.1, 0.15) is 16.7 Å². The van der Waals surface area contributed by atoms with Crippen LogP contribution in [0.25, 0.3) is 33.7 Å². The second-order valence-corrected chi connectivity index (χ2v) is 9.11. The molecule has 0 aliphatic carbocycles. The predicted molar refractivity (Wildman–Crippen MR) is 156 cm³/mol. The highest BCUT2D eigenvalue weighted by Gasteiger charge is 2.12. The largest absolute Gasteiger partial charge is 0.310 e. The molecule has 0 bridgehead atoms. The molecule has 0 fully saturated rings. The third-order valence-corrected chi connectivity index (χ3v) is 6.78. The lowest BCUT2D eigenvalue weighted by atomic mass is 9.95. The van der Waals surface area contributed by atoms with Crippen molar-refractivity contribution in [2.24, 2.45) is 0 Å². The van der Waals surface area contributed by atoms with Gasteiger partial charge < -0.3 is 4.90 Å². The zero-order valence-corrected chi connectivity index (χ0v) is 20.3. The van der Waals surface area contributed by atoms with Crippen molar-refractivity contribution in [3.05, 3.63) is 150 Å². The Labute approximate surface area is 212 Å². The van der Waals surface area contributed by atoms with Crippen LogP contribution in [0.3, 0.4) is 0 Å². The van der Waals surface area contributed by atoms with Gasteiger partial charge in [-0.15, -0.1) is 0 Å². The molecule has 172 valence electrons. The normalized spacial score (nSPS) is 11.4. The number of para-hydroxylation sites is 2. The number of fused-ring (bicyclic) bond motifs is 2. The summed E-state index contributed by atoms with van der Waals surface area (Å²) in [6.07, 6.45) is 4.53. The Morgan fingerprint density at radius 3 is 1.56 bits per heavy atom. The van der Waals surface area contributed by atoms with E-state index in [9.17, 15) is 0 Å². The first-order valence-corrected chi connectivity index (χ1v) is 12.4. The lowest BCUT2D eigenvalue weighted by molar-refractivity contribution is 1.27. The van der Waals surface area contributed by atoms with E-state index in [1.54, 1.807) is 0 Å². The highest BCUT2D eigenvalue weighted by Crippen LogP contribution is 2.36. The number of hydrogen-bond donors (Lipinski definition) is 0. The third-order valence-electron chi connectivity index (χ3n) is 6.78. The van der Waals surface area contributed by atoms with E-state index in [1.165, 1.54) is 38.2 Å². The molecular weight excluding hydrogens is 434 g/mol. The van der Waals surface area contributed by atoms with Gasteiger partial charge in [-0.25, -0.2) is 0 Å². The fourth-order valence-corrected chi connectivity index (χ4v) is 4.99. The summed E-state index contributed by atoms with van der Waals surface area (Å²) in [5, 5.41) is 5.09. The Morgan fingerprint density at radius 2 is 1.00 bits per heavy atom. The fourth-order valence-electron chi connectivity index (χ4n) is 4.99. The molecule has 0 saturated carbocycles. The number of rotatable bonds is 5. The summed E-state index contributed by atoms with van der Waals surface area (Å²) in [6.45, 7) is 2.19. The van der Waals surface area contributed by atoms with Crippen LogP contribution in [0.5, 0.6) is 0 Å². The standard InChI is InChI=1S/C35H27N/c1-26-24-32(36(30-14-4-2-5-15-30)31-16-6-3-7-17-31)22-20-27(26)21-23-35-33-18-10-8-12-28(33)25-29-13-9-11-19-34(29)35/h2-25H,1H3. The Bertz CT molecular complexity index is 1590. The summed E-state index contributed by atoms with van der Waals surface area (Å²) < 4.78 is 0. The van der Waals surface area contributed by atoms with Gasteiger partial charge in [0.15, 0.2) is 0 Å². The molecule has 0 amide bonds. The van der Waals surface area contributed by atoms with Crippen molar-refractivity contribution >= 4 is 50.8 Å². The van der Waals surface area contributed by atoms with Crippen LogP contribution < -0.4 is 4.90 Å². The topological polar surface area (TPSA) is 3.24 Å². The molecule has 6 aromatic carbocycles. The zero-order chi connectivity index (χ0) is 24.3. The number of nitrogens with zero attached hydrogens (tertiary/aromatic N) is 1. The van der Waals surface area contributed by atoms with Gasteiger partial charge in [-0.05, 0) is 87.6 Å². The van der Waals surface area contributed by atoms with Gasteiger partial charge in [0.1, 0.15) is 0 Å². The number of anilines is 3. The van der Waals surface area contributed by atoms with E-state index in [4.69, 9.17) is 0 Å². The minimum absolute atomic E-state index is 1.15. The van der Waals surface area contributed by atoms with E-state index in [0.717, 1.165) is 17.1 Å². The first-order valence-electron chi connectivity index (χ1n) is 12.4. The average molecular weight is 462 g/mol. The molecule has 6 rings (SSSR count). The van der Waals surface area contributed by atoms with Crippen molar-refractivity contribution in [1.82, 2.24) is 0 Å². The summed E-state index contributed by atoms with van der Waals surface area (Å²) in [4.78, 5) is 2.30. The SMILES string of the molecule is Cc1cc(N(c2ccccc2)c2ccccc2)ccc1C=Cc1c2ccccc2cc2ccccc12. The number of aryl methyl sites for hydroxylation is 1. The monoisotopic (exact) mass is 461 g/mol. The van der Waals surface area contributed by atoms with E-state index in [1.807, 2.05) is 0 Å². The van der Waals surface area contributed by atoms with Crippen molar-refractivity contribution in [2.75, 3.05) is 4.90 Å². The molecule has 0 atom stereocenters. The van der Waals surface area contributed by atoms with Crippen molar-refractivity contribution in [3.63, 3.8) is 0 Å². The van der Waals surface area contributed by atoms with Gasteiger partial charge in [0.05, 0.1) is 0 Å². The Hall–Kier alpha value is -4.62. The summed E-state index contributed by atoms with van der Waals surface area (Å²) in [6, 6.07) is 47.4. The summed E-state index contributed by atoms with van der Waals surface area (Å²) >= 11 is 0. The van der Waals surface area contributed by atoms with E-state index < -0.39 is 0 Å². The average Bonchev–Trinajstić information content (AvgIpc) is 2.93. The molecule has 1 heteroatoms. The van der Waals surface area contributed by atoms with Crippen molar-refractivity contribution in [2.45, 2.75) is 6.92 Å². The number of hydrogen-bond acceptors (Lipinski definition) is 1. The fraction of sp³-hybridized carbons (Fsp3) is 0.0286. The Balaban J connectivity index is 1.42. The molecule has 0 radical (unpaired) electrons. The second kappa shape index (κ2) is 9.56. The van der Waals surface area contributed by atoms with Crippen LogP contribution in [0.2, 0.25) is 0 Å². The molecule has 0 N–H and O–H groups in total. The van der Waals surface area contributed by atoms with Gasteiger partial charge >= 0.3 is 0 Å². The van der Waals surface area contributed by atoms with Gasteiger partial charge in [0.25, 0.3) is 0 Å². The predicted octanol–water partition coefficient (Wildman–Crippen LogP) is 9.94. The van der Waals surface area contributed by atoms with Crippen molar-refractivity contribution in [1.29, 1.82) is 0 Å². The maximum absolute atomic E-state index is 2.30. The molecular formula is C35H27N.